The molecule has 0 fully saturated rings. The maximum atomic E-state index is 10.7. The van der Waals surface area contributed by atoms with Gasteiger partial charge in [0.2, 0.25) is 6.41 Å². The lowest BCUT2D eigenvalue weighted by molar-refractivity contribution is -0.113. The van der Waals surface area contributed by atoms with Gasteiger partial charge < -0.3 is 0 Å². The molecule has 76 valence electrons. The van der Waals surface area contributed by atoms with Gasteiger partial charge in [0, 0.05) is 5.88 Å². The van der Waals surface area contributed by atoms with Crippen LogP contribution in [0.2, 0.25) is 0 Å². The standard InChI is InChI=1S/C10H12ClNO2/c1-9-2-4-10(5-3-9)12(8-13)14-7-6-11/h2-5,8H,6-7H2,1H3. The second kappa shape index (κ2) is 5.62. The van der Waals surface area contributed by atoms with Gasteiger partial charge >= 0.3 is 0 Å². The van der Waals surface area contributed by atoms with E-state index in [4.69, 9.17) is 16.4 Å². The molecule has 0 aliphatic carbocycles. The fraction of sp³-hybridized carbons (Fsp3) is 0.300. The van der Waals surface area contributed by atoms with Crippen LogP contribution < -0.4 is 5.06 Å². The van der Waals surface area contributed by atoms with E-state index in [1.165, 1.54) is 5.06 Å². The first-order valence-electron chi connectivity index (χ1n) is 4.28. The maximum Gasteiger partial charge on any atom is 0.238 e. The Morgan fingerprint density at radius 2 is 2.07 bits per heavy atom. The second-order valence-corrected chi connectivity index (χ2v) is 3.17. The van der Waals surface area contributed by atoms with Crippen molar-refractivity contribution >= 4 is 23.7 Å². The molecule has 0 unspecified atom stereocenters. The number of rotatable bonds is 5. The van der Waals surface area contributed by atoms with Crippen molar-refractivity contribution in [2.75, 3.05) is 17.6 Å². The fourth-order valence-corrected chi connectivity index (χ4v) is 1.06. The zero-order chi connectivity index (χ0) is 10.4. The number of alkyl halides is 1. The predicted molar refractivity (Wildman–Crippen MR) is 56.4 cm³/mol. The highest BCUT2D eigenvalue weighted by Gasteiger charge is 2.04. The number of halogens is 1. The molecule has 1 rings (SSSR count). The Labute approximate surface area is 88.2 Å². The lowest BCUT2D eigenvalue weighted by Crippen LogP contribution is -2.22. The highest BCUT2D eigenvalue weighted by molar-refractivity contribution is 6.17. The minimum atomic E-state index is 0.314. The Kier molecular flexibility index (Phi) is 4.43. The molecular weight excluding hydrogens is 202 g/mol. The predicted octanol–water partition coefficient (Wildman–Crippen LogP) is 2.13. The minimum Gasteiger partial charge on any atom is -0.276 e. The first-order chi connectivity index (χ1) is 6.77. The quantitative estimate of drug-likeness (QED) is 0.426. The topological polar surface area (TPSA) is 29.5 Å². The van der Waals surface area contributed by atoms with Gasteiger partial charge in [0.15, 0.2) is 0 Å². The molecule has 3 nitrogen and oxygen atoms in total. The average molecular weight is 214 g/mol. The molecule has 0 spiro atoms. The second-order valence-electron chi connectivity index (χ2n) is 2.79. The molecule has 0 aromatic heterocycles. The van der Waals surface area contributed by atoms with Gasteiger partial charge in [0.1, 0.15) is 0 Å². The van der Waals surface area contributed by atoms with Gasteiger partial charge in [0.05, 0.1) is 12.3 Å². The molecule has 0 saturated heterocycles. The Morgan fingerprint density at radius 1 is 1.43 bits per heavy atom. The summed E-state index contributed by atoms with van der Waals surface area (Å²) in [5.41, 5.74) is 1.84. The van der Waals surface area contributed by atoms with Crippen LogP contribution in [0.1, 0.15) is 5.56 Å². The summed E-state index contributed by atoms with van der Waals surface area (Å²) in [5, 5.41) is 1.17. The molecule has 14 heavy (non-hydrogen) atoms. The zero-order valence-corrected chi connectivity index (χ0v) is 8.70. The molecule has 1 amide bonds. The number of benzene rings is 1. The summed E-state index contributed by atoms with van der Waals surface area (Å²) in [6, 6.07) is 7.46. The monoisotopic (exact) mass is 213 g/mol. The molecule has 1 aromatic rings. The summed E-state index contributed by atoms with van der Waals surface area (Å²) in [6.07, 6.45) is 0.622. The normalized spacial score (nSPS) is 9.86. The van der Waals surface area contributed by atoms with Crippen LogP contribution >= 0.6 is 11.6 Å². The van der Waals surface area contributed by atoms with Crippen molar-refractivity contribution in [2.24, 2.45) is 0 Å². The smallest absolute Gasteiger partial charge is 0.238 e. The Balaban J connectivity index is 2.68. The number of amides is 1. The molecule has 0 heterocycles. The summed E-state index contributed by atoms with van der Waals surface area (Å²) >= 11 is 5.45. The van der Waals surface area contributed by atoms with E-state index in [-0.39, 0.29) is 0 Å². The van der Waals surface area contributed by atoms with Gasteiger partial charge in [-0.25, -0.2) is 0 Å². The van der Waals surface area contributed by atoms with Crippen molar-refractivity contribution < 1.29 is 9.63 Å². The fourth-order valence-electron chi connectivity index (χ4n) is 0.990. The largest absolute Gasteiger partial charge is 0.276 e. The third-order valence-electron chi connectivity index (χ3n) is 1.69. The number of nitrogens with zero attached hydrogens (tertiary/aromatic N) is 1. The van der Waals surface area contributed by atoms with Crippen molar-refractivity contribution in [1.29, 1.82) is 0 Å². The van der Waals surface area contributed by atoms with Crippen molar-refractivity contribution in [1.82, 2.24) is 0 Å². The Hall–Kier alpha value is -1.06. The summed E-state index contributed by atoms with van der Waals surface area (Å²) in [4.78, 5) is 15.8. The summed E-state index contributed by atoms with van der Waals surface area (Å²) in [7, 11) is 0. The summed E-state index contributed by atoms with van der Waals surface area (Å²) in [5.74, 6) is 0.357. The van der Waals surface area contributed by atoms with Gasteiger partial charge in [-0.2, -0.15) is 5.06 Å². The van der Waals surface area contributed by atoms with Gasteiger partial charge in [-0.3, -0.25) is 9.63 Å². The highest BCUT2D eigenvalue weighted by atomic mass is 35.5. The molecule has 0 radical (unpaired) electrons. The van der Waals surface area contributed by atoms with Crippen LogP contribution in [0, 0.1) is 6.92 Å². The van der Waals surface area contributed by atoms with Crippen molar-refractivity contribution in [3.63, 3.8) is 0 Å². The van der Waals surface area contributed by atoms with E-state index in [0.717, 1.165) is 5.56 Å². The van der Waals surface area contributed by atoms with Gasteiger partial charge in [-0.05, 0) is 19.1 Å². The lowest BCUT2D eigenvalue weighted by atomic mass is 10.2. The van der Waals surface area contributed by atoms with Crippen LogP contribution in [-0.2, 0) is 9.63 Å². The maximum absolute atomic E-state index is 10.7. The van der Waals surface area contributed by atoms with Crippen molar-refractivity contribution in [3.05, 3.63) is 29.8 Å². The number of hydrogen-bond donors (Lipinski definition) is 0. The van der Waals surface area contributed by atoms with Gasteiger partial charge in [-0.1, -0.05) is 17.7 Å². The number of anilines is 1. The molecule has 1 aromatic carbocycles. The van der Waals surface area contributed by atoms with E-state index in [2.05, 4.69) is 0 Å². The van der Waals surface area contributed by atoms with Crippen LogP contribution in [-0.4, -0.2) is 18.9 Å². The summed E-state index contributed by atoms with van der Waals surface area (Å²) in [6.45, 7) is 2.29. The van der Waals surface area contributed by atoms with E-state index in [9.17, 15) is 4.79 Å². The summed E-state index contributed by atoms with van der Waals surface area (Å²) < 4.78 is 0. The first kappa shape index (κ1) is 11.0. The molecule has 0 aliphatic heterocycles. The number of carbonyl (C=O) groups is 1. The lowest BCUT2D eigenvalue weighted by Gasteiger charge is -2.15. The van der Waals surface area contributed by atoms with Crippen LogP contribution in [0.3, 0.4) is 0 Å². The molecule has 0 atom stereocenters. The molecule has 0 bridgehead atoms. The third-order valence-corrected chi connectivity index (χ3v) is 1.85. The highest BCUT2D eigenvalue weighted by Crippen LogP contribution is 2.13. The molecule has 0 saturated carbocycles. The SMILES string of the molecule is Cc1ccc(N(C=O)OCCCl)cc1. The van der Waals surface area contributed by atoms with Gasteiger partial charge in [0.25, 0.3) is 0 Å². The zero-order valence-electron chi connectivity index (χ0n) is 7.94. The first-order valence-corrected chi connectivity index (χ1v) is 4.81. The van der Waals surface area contributed by atoms with Gasteiger partial charge in [-0.15, -0.1) is 11.6 Å². The van der Waals surface area contributed by atoms with Crippen LogP contribution in [0.4, 0.5) is 5.69 Å². The third kappa shape index (κ3) is 3.01. The molecular formula is C10H12ClNO2. The number of hydrogen-bond acceptors (Lipinski definition) is 2. The number of hydroxylamine groups is 1. The van der Waals surface area contributed by atoms with E-state index < -0.39 is 0 Å². The number of aryl methyl sites for hydroxylation is 1. The molecule has 0 N–H and O–H groups in total. The average Bonchev–Trinajstić information content (AvgIpc) is 2.21. The van der Waals surface area contributed by atoms with E-state index in [1.807, 2.05) is 31.2 Å². The van der Waals surface area contributed by atoms with Crippen molar-refractivity contribution in [3.8, 4) is 0 Å². The van der Waals surface area contributed by atoms with Crippen LogP contribution in [0.15, 0.2) is 24.3 Å². The van der Waals surface area contributed by atoms with Crippen LogP contribution in [0.5, 0.6) is 0 Å². The van der Waals surface area contributed by atoms with E-state index in [1.54, 1.807) is 0 Å². The number of carbonyl (C=O) groups excluding carboxylic acids is 1. The van der Waals surface area contributed by atoms with E-state index >= 15 is 0 Å². The Bertz CT molecular complexity index is 287. The Morgan fingerprint density at radius 3 is 2.57 bits per heavy atom. The minimum absolute atomic E-state index is 0.314. The van der Waals surface area contributed by atoms with Crippen LogP contribution in [0.25, 0.3) is 0 Å². The van der Waals surface area contributed by atoms with E-state index in [0.29, 0.717) is 24.6 Å². The molecule has 4 heteroatoms. The van der Waals surface area contributed by atoms with Crippen molar-refractivity contribution in [2.45, 2.75) is 6.92 Å². The molecule has 0 aliphatic rings.